The van der Waals surface area contributed by atoms with Gasteiger partial charge in [-0.2, -0.15) is 0 Å². The Balaban J connectivity index is 2.14. The number of nitrogen functional groups attached to an aromatic ring is 1. The maximum Gasteiger partial charge on any atom is 0.319 e. The molecule has 0 heterocycles. The van der Waals surface area contributed by atoms with Gasteiger partial charge in [-0.05, 0) is 30.7 Å². The van der Waals surface area contributed by atoms with Crippen molar-refractivity contribution in [3.05, 3.63) is 42.2 Å². The molecule has 0 saturated heterocycles. The Kier molecular flexibility index (Phi) is 7.25. The molecule has 27 heavy (non-hydrogen) atoms. The lowest BCUT2D eigenvalue weighted by Crippen LogP contribution is -2.40. The largest absolute Gasteiger partial charge is 0.493 e. The van der Waals surface area contributed by atoms with Crippen molar-refractivity contribution in [2.24, 2.45) is 0 Å². The number of halogens is 1. The van der Waals surface area contributed by atoms with Gasteiger partial charge in [-0.3, -0.25) is 0 Å². The molecule has 2 amide bonds. The van der Waals surface area contributed by atoms with Crippen LogP contribution in [0.1, 0.15) is 13.3 Å². The van der Waals surface area contributed by atoms with E-state index in [4.69, 9.17) is 19.9 Å². The molecule has 1 unspecified atom stereocenters. The number of nitrogens with one attached hydrogen (secondary N) is 2. The number of rotatable bonds is 8. The van der Waals surface area contributed by atoms with Crippen LogP contribution in [-0.2, 0) is 4.74 Å². The van der Waals surface area contributed by atoms with Crippen LogP contribution >= 0.6 is 0 Å². The molecule has 4 N–H and O–H groups in total. The van der Waals surface area contributed by atoms with Gasteiger partial charge in [-0.15, -0.1) is 0 Å². The third-order valence-electron chi connectivity index (χ3n) is 3.81. The summed E-state index contributed by atoms with van der Waals surface area (Å²) < 4.78 is 30.4. The van der Waals surface area contributed by atoms with Gasteiger partial charge in [0.05, 0.1) is 25.4 Å². The van der Waals surface area contributed by atoms with Crippen LogP contribution in [0, 0.1) is 5.82 Å². The van der Waals surface area contributed by atoms with Gasteiger partial charge in [-0.1, -0.05) is 6.92 Å². The van der Waals surface area contributed by atoms with Crippen LogP contribution in [0.5, 0.6) is 17.2 Å². The van der Waals surface area contributed by atoms with Crippen molar-refractivity contribution >= 4 is 17.4 Å². The summed E-state index contributed by atoms with van der Waals surface area (Å²) in [5.41, 5.74) is 6.20. The molecule has 1 atom stereocenters. The minimum atomic E-state index is -0.656. The summed E-state index contributed by atoms with van der Waals surface area (Å²) in [4.78, 5) is 12.1. The summed E-state index contributed by atoms with van der Waals surface area (Å²) in [5.74, 6) is 0.269. The van der Waals surface area contributed by atoms with E-state index in [9.17, 15) is 9.18 Å². The lowest BCUT2D eigenvalue weighted by molar-refractivity contribution is 0.165. The molecule has 0 radical (unpaired) electrons. The Hall–Kier alpha value is -3.00. The summed E-state index contributed by atoms with van der Waals surface area (Å²) >= 11 is 0. The van der Waals surface area contributed by atoms with E-state index in [1.165, 1.54) is 13.2 Å². The number of carbonyl (C=O) groups excluding carboxylic acids is 1. The number of hydrogen-bond acceptors (Lipinski definition) is 5. The second kappa shape index (κ2) is 9.63. The summed E-state index contributed by atoms with van der Waals surface area (Å²) in [6, 6.07) is 8.46. The van der Waals surface area contributed by atoms with Crippen molar-refractivity contribution in [2.75, 3.05) is 31.9 Å². The van der Waals surface area contributed by atoms with E-state index in [0.29, 0.717) is 24.5 Å². The van der Waals surface area contributed by atoms with Crippen LogP contribution in [0.2, 0.25) is 0 Å². The second-order valence-electron chi connectivity index (χ2n) is 5.81. The highest BCUT2D eigenvalue weighted by molar-refractivity contribution is 5.90. The molecule has 0 bridgehead atoms. The van der Waals surface area contributed by atoms with E-state index in [2.05, 4.69) is 10.6 Å². The van der Waals surface area contributed by atoms with E-state index in [1.54, 1.807) is 31.4 Å². The van der Waals surface area contributed by atoms with Crippen molar-refractivity contribution in [3.63, 3.8) is 0 Å². The molecular formula is C19H24FN3O4. The number of carbonyl (C=O) groups is 1. The third-order valence-corrected chi connectivity index (χ3v) is 3.81. The van der Waals surface area contributed by atoms with Crippen LogP contribution in [-0.4, -0.2) is 32.9 Å². The summed E-state index contributed by atoms with van der Waals surface area (Å²) in [5, 5.41) is 5.19. The first kappa shape index (κ1) is 20.3. The molecule has 0 aliphatic rings. The number of urea groups is 1. The van der Waals surface area contributed by atoms with Crippen molar-refractivity contribution in [3.8, 4) is 17.2 Å². The number of methoxy groups -OCH3 is 2. The van der Waals surface area contributed by atoms with Gasteiger partial charge in [0.2, 0.25) is 0 Å². The van der Waals surface area contributed by atoms with Gasteiger partial charge in [0.15, 0.2) is 17.3 Å². The first-order chi connectivity index (χ1) is 13.0. The van der Waals surface area contributed by atoms with Gasteiger partial charge in [-0.25, -0.2) is 9.18 Å². The highest BCUT2D eigenvalue weighted by Crippen LogP contribution is 2.36. The number of amides is 2. The number of ether oxygens (including phenoxy) is 3. The molecule has 2 aromatic rings. The smallest absolute Gasteiger partial charge is 0.319 e. The van der Waals surface area contributed by atoms with E-state index < -0.39 is 11.8 Å². The molecule has 0 aliphatic heterocycles. The van der Waals surface area contributed by atoms with E-state index in [-0.39, 0.29) is 23.2 Å². The van der Waals surface area contributed by atoms with E-state index in [1.807, 2.05) is 6.92 Å². The molecule has 0 aliphatic carbocycles. The third kappa shape index (κ3) is 5.75. The Bertz CT molecular complexity index is 768. The van der Waals surface area contributed by atoms with Crippen molar-refractivity contribution in [1.29, 1.82) is 0 Å². The van der Waals surface area contributed by atoms with Crippen LogP contribution in [0.3, 0.4) is 0 Å². The van der Waals surface area contributed by atoms with Crippen molar-refractivity contribution in [2.45, 2.75) is 19.4 Å². The number of hydrogen-bond donors (Lipinski definition) is 3. The fourth-order valence-corrected chi connectivity index (χ4v) is 2.34. The molecule has 2 rings (SSSR count). The lowest BCUT2D eigenvalue weighted by Gasteiger charge is -2.17. The average Bonchev–Trinajstić information content (AvgIpc) is 2.65. The molecule has 0 aromatic heterocycles. The standard InChI is InChI=1S/C19H24FN3O4/c1-4-13(11-25-2)22-19(24)23-16-10-17(26-3)18(9-15(16)20)27-14-7-5-12(21)6-8-14/h5-10,13H,4,11,21H2,1-3H3,(H2,22,23,24). The van der Waals surface area contributed by atoms with Gasteiger partial charge < -0.3 is 30.6 Å². The summed E-state index contributed by atoms with van der Waals surface area (Å²) in [7, 11) is 2.98. The first-order valence-corrected chi connectivity index (χ1v) is 8.44. The maximum atomic E-state index is 14.4. The molecule has 2 aromatic carbocycles. The Morgan fingerprint density at radius 2 is 1.89 bits per heavy atom. The zero-order valence-corrected chi connectivity index (χ0v) is 15.5. The average molecular weight is 377 g/mol. The zero-order chi connectivity index (χ0) is 19.8. The second-order valence-corrected chi connectivity index (χ2v) is 5.81. The zero-order valence-electron chi connectivity index (χ0n) is 15.5. The minimum Gasteiger partial charge on any atom is -0.493 e. The highest BCUT2D eigenvalue weighted by Gasteiger charge is 2.16. The normalized spacial score (nSPS) is 11.6. The predicted octanol–water partition coefficient (Wildman–Crippen LogP) is 3.76. The van der Waals surface area contributed by atoms with Crippen LogP contribution in [0.25, 0.3) is 0 Å². The van der Waals surface area contributed by atoms with Crippen molar-refractivity contribution < 1.29 is 23.4 Å². The monoisotopic (exact) mass is 377 g/mol. The molecule has 0 saturated carbocycles. The quantitative estimate of drug-likeness (QED) is 0.609. The number of anilines is 2. The SMILES string of the molecule is CCC(COC)NC(=O)Nc1cc(OC)c(Oc2ccc(N)cc2)cc1F. The van der Waals surface area contributed by atoms with Crippen LogP contribution < -0.4 is 25.8 Å². The van der Waals surface area contributed by atoms with Crippen molar-refractivity contribution in [1.82, 2.24) is 5.32 Å². The van der Waals surface area contributed by atoms with Crippen LogP contribution in [0.15, 0.2) is 36.4 Å². The Labute approximate surface area is 157 Å². The molecule has 0 fully saturated rings. The number of benzene rings is 2. The first-order valence-electron chi connectivity index (χ1n) is 8.44. The fourth-order valence-electron chi connectivity index (χ4n) is 2.34. The topological polar surface area (TPSA) is 94.8 Å². The number of nitrogens with two attached hydrogens (primary N) is 1. The van der Waals surface area contributed by atoms with Gasteiger partial charge in [0, 0.05) is 24.9 Å². The van der Waals surface area contributed by atoms with Gasteiger partial charge in [0.1, 0.15) is 5.75 Å². The molecular weight excluding hydrogens is 353 g/mol. The molecule has 7 nitrogen and oxygen atoms in total. The van der Waals surface area contributed by atoms with E-state index in [0.717, 1.165) is 6.07 Å². The Morgan fingerprint density at radius 3 is 2.48 bits per heavy atom. The Morgan fingerprint density at radius 1 is 1.19 bits per heavy atom. The predicted molar refractivity (Wildman–Crippen MR) is 102 cm³/mol. The van der Waals surface area contributed by atoms with Gasteiger partial charge in [0.25, 0.3) is 0 Å². The highest BCUT2D eigenvalue weighted by atomic mass is 19.1. The fraction of sp³-hybridized carbons (Fsp3) is 0.316. The summed E-state index contributed by atoms with van der Waals surface area (Å²) in [6.07, 6.45) is 0.682. The lowest BCUT2D eigenvalue weighted by atomic mass is 10.2. The molecule has 8 heteroatoms. The maximum absolute atomic E-state index is 14.4. The summed E-state index contributed by atoms with van der Waals surface area (Å²) in [6.45, 7) is 2.28. The molecule has 0 spiro atoms. The van der Waals surface area contributed by atoms with Gasteiger partial charge >= 0.3 is 6.03 Å². The minimum absolute atomic E-state index is 0.0266. The molecule has 146 valence electrons. The van der Waals surface area contributed by atoms with E-state index >= 15 is 0 Å². The van der Waals surface area contributed by atoms with Crippen LogP contribution in [0.4, 0.5) is 20.6 Å².